The lowest BCUT2D eigenvalue weighted by molar-refractivity contribution is -0.137. The quantitative estimate of drug-likeness (QED) is 0.655. The summed E-state index contributed by atoms with van der Waals surface area (Å²) in [5.41, 5.74) is 9.98. The average molecular weight is 402 g/mol. The fraction of sp³-hybridized carbons (Fsp3) is 0.150. The van der Waals surface area contributed by atoms with Gasteiger partial charge in [0, 0.05) is 17.3 Å². The summed E-state index contributed by atoms with van der Waals surface area (Å²) in [5.74, 6) is -1.75. The maximum Gasteiger partial charge on any atom is 0.416 e. The van der Waals surface area contributed by atoms with E-state index in [1.54, 1.807) is 37.3 Å². The molecule has 29 heavy (non-hydrogen) atoms. The maximum absolute atomic E-state index is 13.2. The molecule has 4 N–H and O–H groups in total. The number of nitrogens with two attached hydrogens (primary N) is 2. The first-order chi connectivity index (χ1) is 13.6. The van der Waals surface area contributed by atoms with Crippen molar-refractivity contribution in [3.05, 3.63) is 87.6 Å². The zero-order chi connectivity index (χ0) is 21.3. The Morgan fingerprint density at radius 1 is 1.14 bits per heavy atom. The Morgan fingerprint density at radius 3 is 2.38 bits per heavy atom. The Balaban J connectivity index is 2.31. The molecule has 3 aromatic rings. The van der Waals surface area contributed by atoms with Gasteiger partial charge in [-0.25, -0.2) is 4.98 Å². The van der Waals surface area contributed by atoms with Gasteiger partial charge in [-0.05, 0) is 35.9 Å². The Hall–Kier alpha value is -3.62. The van der Waals surface area contributed by atoms with Gasteiger partial charge in [-0.3, -0.25) is 14.2 Å². The monoisotopic (exact) mass is 402 g/mol. The molecule has 1 aromatic heterocycles. The van der Waals surface area contributed by atoms with Crippen LogP contribution in [0.1, 0.15) is 40.2 Å². The number of primary amides is 1. The van der Waals surface area contributed by atoms with Gasteiger partial charge in [0.15, 0.2) is 0 Å². The number of carbonyl (C=O) groups is 1. The molecule has 0 saturated heterocycles. The molecule has 1 atom stereocenters. The summed E-state index contributed by atoms with van der Waals surface area (Å²) in [6.45, 7) is 1.55. The number of halogens is 3. The lowest BCUT2D eigenvalue weighted by atomic mass is 9.93. The molecule has 2 aromatic carbocycles. The van der Waals surface area contributed by atoms with Crippen molar-refractivity contribution in [1.82, 2.24) is 9.55 Å². The number of amides is 1. The zero-order valence-electron chi connectivity index (χ0n) is 15.3. The van der Waals surface area contributed by atoms with Crippen LogP contribution in [-0.4, -0.2) is 15.5 Å². The maximum atomic E-state index is 13.2. The highest BCUT2D eigenvalue weighted by atomic mass is 19.4. The van der Waals surface area contributed by atoms with E-state index < -0.39 is 29.1 Å². The van der Waals surface area contributed by atoms with Crippen LogP contribution in [0.3, 0.4) is 0 Å². The minimum absolute atomic E-state index is 0.0786. The van der Waals surface area contributed by atoms with Gasteiger partial charge in [-0.1, -0.05) is 25.1 Å². The molecular weight excluding hydrogens is 385 g/mol. The molecule has 9 heteroatoms. The van der Waals surface area contributed by atoms with Crippen LogP contribution in [0, 0.1) is 0 Å². The van der Waals surface area contributed by atoms with Crippen LogP contribution >= 0.6 is 0 Å². The number of para-hydroxylation sites is 1. The number of nitrogens with zero attached hydrogens (tertiary/aromatic N) is 2. The lowest BCUT2D eigenvalue weighted by Crippen LogP contribution is -2.29. The van der Waals surface area contributed by atoms with Crippen molar-refractivity contribution >= 4 is 11.6 Å². The molecule has 0 radical (unpaired) electrons. The Morgan fingerprint density at radius 2 is 1.79 bits per heavy atom. The zero-order valence-corrected chi connectivity index (χ0v) is 15.3. The molecule has 0 aliphatic rings. The van der Waals surface area contributed by atoms with E-state index in [4.69, 9.17) is 11.5 Å². The molecule has 0 unspecified atom stereocenters. The number of hydrogen-bond acceptors (Lipinski definition) is 4. The number of hydrogen-bond donors (Lipinski definition) is 2. The van der Waals surface area contributed by atoms with E-state index in [0.717, 1.165) is 18.3 Å². The largest absolute Gasteiger partial charge is 0.416 e. The third-order valence-corrected chi connectivity index (χ3v) is 4.47. The molecule has 0 bridgehead atoms. The Bertz CT molecular complexity index is 1120. The summed E-state index contributed by atoms with van der Waals surface area (Å²) in [5, 5.41) is 0. The molecule has 0 aliphatic heterocycles. The van der Waals surface area contributed by atoms with Crippen molar-refractivity contribution in [2.75, 3.05) is 5.73 Å². The highest BCUT2D eigenvalue weighted by Gasteiger charge is 2.32. The van der Waals surface area contributed by atoms with Crippen molar-refractivity contribution in [1.29, 1.82) is 0 Å². The second kappa shape index (κ2) is 7.42. The van der Waals surface area contributed by atoms with Crippen LogP contribution in [0.4, 0.5) is 18.9 Å². The van der Waals surface area contributed by atoms with Crippen LogP contribution in [0.5, 0.6) is 0 Å². The van der Waals surface area contributed by atoms with Gasteiger partial charge in [0.05, 0.1) is 17.5 Å². The SMILES string of the molecule is C[C@H](c1cc(N)cc(C(F)(F)F)c1)c1c(C(N)=O)ncc(=O)n1-c1ccccc1. The number of nitrogen functional groups attached to an aromatic ring is 1. The smallest absolute Gasteiger partial charge is 0.399 e. The fourth-order valence-corrected chi connectivity index (χ4v) is 3.15. The summed E-state index contributed by atoms with van der Waals surface area (Å²) in [7, 11) is 0. The summed E-state index contributed by atoms with van der Waals surface area (Å²) in [6.07, 6.45) is -3.66. The molecular formula is C20H17F3N4O2. The third kappa shape index (κ3) is 3.98. The molecule has 6 nitrogen and oxygen atoms in total. The van der Waals surface area contributed by atoms with Crippen molar-refractivity contribution in [2.45, 2.75) is 19.0 Å². The van der Waals surface area contributed by atoms with E-state index in [1.165, 1.54) is 10.6 Å². The van der Waals surface area contributed by atoms with Gasteiger partial charge in [-0.2, -0.15) is 13.2 Å². The van der Waals surface area contributed by atoms with E-state index >= 15 is 0 Å². The molecule has 3 rings (SSSR count). The van der Waals surface area contributed by atoms with E-state index in [2.05, 4.69) is 4.98 Å². The van der Waals surface area contributed by atoms with Gasteiger partial charge in [0.2, 0.25) is 0 Å². The normalized spacial score (nSPS) is 12.6. The molecule has 0 aliphatic carbocycles. The molecule has 0 spiro atoms. The Kier molecular flexibility index (Phi) is 5.15. The van der Waals surface area contributed by atoms with Crippen molar-refractivity contribution in [3.8, 4) is 5.69 Å². The fourth-order valence-electron chi connectivity index (χ4n) is 3.15. The molecule has 150 valence electrons. The highest BCUT2D eigenvalue weighted by molar-refractivity contribution is 5.92. The number of benzene rings is 2. The molecule has 0 saturated carbocycles. The predicted molar refractivity (Wildman–Crippen MR) is 102 cm³/mol. The van der Waals surface area contributed by atoms with Crippen LogP contribution in [0.2, 0.25) is 0 Å². The van der Waals surface area contributed by atoms with Crippen molar-refractivity contribution in [3.63, 3.8) is 0 Å². The van der Waals surface area contributed by atoms with Crippen LogP contribution < -0.4 is 17.0 Å². The van der Waals surface area contributed by atoms with Gasteiger partial charge >= 0.3 is 6.18 Å². The van der Waals surface area contributed by atoms with E-state index in [-0.39, 0.29) is 22.6 Å². The summed E-state index contributed by atoms with van der Waals surface area (Å²) in [4.78, 5) is 28.4. The number of rotatable bonds is 4. The van der Waals surface area contributed by atoms with E-state index in [0.29, 0.717) is 5.69 Å². The van der Waals surface area contributed by atoms with Crippen molar-refractivity contribution in [2.24, 2.45) is 5.73 Å². The number of anilines is 1. The van der Waals surface area contributed by atoms with Crippen molar-refractivity contribution < 1.29 is 18.0 Å². The van der Waals surface area contributed by atoms with Crippen LogP contribution in [0.25, 0.3) is 5.69 Å². The van der Waals surface area contributed by atoms with Gasteiger partial charge < -0.3 is 11.5 Å². The third-order valence-electron chi connectivity index (χ3n) is 4.47. The standard InChI is InChI=1S/C20H17F3N4O2/c1-11(12-7-13(20(21,22)23)9-14(24)8-12)18-17(19(25)29)26-10-16(28)27(18)15-5-3-2-4-6-15/h2-11H,24H2,1H3,(H2,25,29)/t11-/m1/s1. The Labute approximate surface area is 163 Å². The predicted octanol–water partition coefficient (Wildman–Crippen LogP) is 3.08. The number of alkyl halides is 3. The van der Waals surface area contributed by atoms with E-state index in [1.807, 2.05) is 0 Å². The minimum atomic E-state index is -4.61. The molecule has 0 fully saturated rings. The summed E-state index contributed by atoms with van der Waals surface area (Å²) >= 11 is 0. The minimum Gasteiger partial charge on any atom is -0.399 e. The van der Waals surface area contributed by atoms with Gasteiger partial charge in [0.25, 0.3) is 11.5 Å². The second-order valence-corrected chi connectivity index (χ2v) is 6.47. The average Bonchev–Trinajstić information content (AvgIpc) is 2.66. The first-order valence-corrected chi connectivity index (χ1v) is 8.54. The summed E-state index contributed by atoms with van der Waals surface area (Å²) in [6, 6.07) is 11.5. The first kappa shape index (κ1) is 20.1. The van der Waals surface area contributed by atoms with E-state index in [9.17, 15) is 22.8 Å². The molecule has 1 heterocycles. The van der Waals surface area contributed by atoms with Crippen LogP contribution in [-0.2, 0) is 6.18 Å². The second-order valence-electron chi connectivity index (χ2n) is 6.47. The van der Waals surface area contributed by atoms with Gasteiger partial charge in [-0.15, -0.1) is 0 Å². The topological polar surface area (TPSA) is 104 Å². The number of aromatic nitrogens is 2. The highest BCUT2D eigenvalue weighted by Crippen LogP contribution is 2.35. The van der Waals surface area contributed by atoms with Gasteiger partial charge in [0.1, 0.15) is 5.69 Å². The lowest BCUT2D eigenvalue weighted by Gasteiger charge is -2.22. The first-order valence-electron chi connectivity index (χ1n) is 8.54. The molecule has 1 amide bonds. The summed E-state index contributed by atoms with van der Waals surface area (Å²) < 4.78 is 40.9. The number of carbonyl (C=O) groups excluding carboxylic acids is 1. The van der Waals surface area contributed by atoms with Crippen LogP contribution in [0.15, 0.2) is 59.5 Å².